The molecular weight excluding hydrogens is 390 g/mol. The quantitative estimate of drug-likeness (QED) is 0.574. The average Bonchev–Trinajstić information content (AvgIpc) is 3.06. The molecular formula is C18H21ClN3O4S+. The van der Waals surface area contributed by atoms with Crippen molar-refractivity contribution < 1.29 is 24.4 Å². The van der Waals surface area contributed by atoms with E-state index in [1.165, 1.54) is 18.4 Å². The van der Waals surface area contributed by atoms with E-state index in [4.69, 9.17) is 16.3 Å². The highest BCUT2D eigenvalue weighted by Crippen LogP contribution is 2.35. The highest BCUT2D eigenvalue weighted by Gasteiger charge is 2.20. The first kappa shape index (κ1) is 20.9. The topological polar surface area (TPSA) is 101 Å². The molecule has 9 heteroatoms. The van der Waals surface area contributed by atoms with Gasteiger partial charge in [0.15, 0.2) is 13.1 Å². The van der Waals surface area contributed by atoms with Gasteiger partial charge in [-0.15, -0.1) is 11.3 Å². The molecule has 2 rings (SSSR count). The lowest BCUT2D eigenvalue weighted by Crippen LogP contribution is -2.88. The highest BCUT2D eigenvalue weighted by atomic mass is 35.5. The first-order chi connectivity index (χ1) is 12.9. The zero-order chi connectivity index (χ0) is 19.8. The number of carbonyl (C=O) groups excluding carboxylic acids is 3. The molecule has 2 aromatic rings. The monoisotopic (exact) mass is 410 g/mol. The third-order valence-electron chi connectivity index (χ3n) is 3.53. The third kappa shape index (κ3) is 6.06. The van der Waals surface area contributed by atoms with Crippen LogP contribution < -0.4 is 16.0 Å². The fourth-order valence-corrected chi connectivity index (χ4v) is 3.37. The zero-order valence-corrected chi connectivity index (χ0v) is 16.6. The van der Waals surface area contributed by atoms with Crippen LogP contribution in [-0.4, -0.2) is 44.5 Å². The Kier molecular flexibility index (Phi) is 7.78. The van der Waals surface area contributed by atoms with Gasteiger partial charge in [-0.25, -0.2) is 4.79 Å². The Balaban J connectivity index is 2.17. The molecule has 2 amide bonds. The number of benzene rings is 1. The maximum Gasteiger partial charge on any atom is 0.350 e. The largest absolute Gasteiger partial charge is 0.462 e. The maximum atomic E-state index is 12.2. The molecule has 0 aliphatic carbocycles. The van der Waals surface area contributed by atoms with E-state index in [0.29, 0.717) is 15.6 Å². The number of anilines is 1. The van der Waals surface area contributed by atoms with Crippen molar-refractivity contribution in [3.05, 3.63) is 40.2 Å². The fourth-order valence-electron chi connectivity index (χ4n) is 2.23. The molecule has 0 saturated carbocycles. The third-order valence-corrected chi connectivity index (χ3v) is 4.95. The minimum Gasteiger partial charge on any atom is -0.462 e. The summed E-state index contributed by atoms with van der Waals surface area (Å²) >= 11 is 7.15. The number of nitrogens with two attached hydrogens (primary N) is 1. The standard InChI is InChI=1S/C18H20ClN3O4S/c1-3-26-18(25)17-13(22-16(24)10-21-9-15(23)20-2)8-14(27-17)11-4-6-12(19)7-5-11/h4-8,21H,3,9-10H2,1-2H3,(H,20,23)(H,22,24)/p+1. The summed E-state index contributed by atoms with van der Waals surface area (Å²) in [5, 5.41) is 7.39. The van der Waals surface area contributed by atoms with Crippen molar-refractivity contribution in [3.63, 3.8) is 0 Å². The Morgan fingerprint density at radius 2 is 1.81 bits per heavy atom. The summed E-state index contributed by atoms with van der Waals surface area (Å²) in [5.41, 5.74) is 1.27. The van der Waals surface area contributed by atoms with Gasteiger partial charge in [0.05, 0.1) is 12.3 Å². The number of hydrogen-bond donors (Lipinski definition) is 3. The van der Waals surface area contributed by atoms with E-state index in [-0.39, 0.29) is 31.5 Å². The number of thiophene rings is 1. The molecule has 1 heterocycles. The summed E-state index contributed by atoms with van der Waals surface area (Å²) < 4.78 is 5.08. The molecule has 1 aromatic carbocycles. The number of carbonyl (C=O) groups is 3. The molecule has 144 valence electrons. The minimum atomic E-state index is -0.493. The predicted molar refractivity (Wildman–Crippen MR) is 105 cm³/mol. The van der Waals surface area contributed by atoms with Gasteiger partial charge in [-0.2, -0.15) is 0 Å². The number of quaternary nitrogens is 1. The van der Waals surface area contributed by atoms with Crippen molar-refractivity contribution in [2.24, 2.45) is 0 Å². The van der Waals surface area contributed by atoms with Crippen LogP contribution in [0.5, 0.6) is 0 Å². The van der Waals surface area contributed by atoms with Gasteiger partial charge < -0.3 is 20.7 Å². The van der Waals surface area contributed by atoms with Crippen LogP contribution in [0.1, 0.15) is 16.6 Å². The molecule has 0 bridgehead atoms. The smallest absolute Gasteiger partial charge is 0.350 e. The molecule has 0 fully saturated rings. The number of likely N-dealkylation sites (N-methyl/N-ethyl adjacent to an activating group) is 1. The SMILES string of the molecule is CCOC(=O)c1sc(-c2ccc(Cl)cc2)cc1NC(=O)C[NH2+]CC(=O)NC. The normalized spacial score (nSPS) is 10.3. The van der Waals surface area contributed by atoms with E-state index < -0.39 is 5.97 Å². The Labute approximate surface area is 166 Å². The molecule has 0 spiro atoms. The summed E-state index contributed by atoms with van der Waals surface area (Å²) in [6, 6.07) is 8.92. The second-order valence-electron chi connectivity index (χ2n) is 5.50. The predicted octanol–water partition coefficient (Wildman–Crippen LogP) is 1.49. The minimum absolute atomic E-state index is 0.0574. The van der Waals surface area contributed by atoms with E-state index >= 15 is 0 Å². The zero-order valence-electron chi connectivity index (χ0n) is 15.0. The fraction of sp³-hybridized carbons (Fsp3) is 0.278. The van der Waals surface area contributed by atoms with Gasteiger partial charge in [-0.1, -0.05) is 23.7 Å². The number of esters is 1. The number of hydrogen-bond acceptors (Lipinski definition) is 5. The van der Waals surface area contributed by atoms with Crippen molar-refractivity contribution in [1.29, 1.82) is 0 Å². The lowest BCUT2D eigenvalue weighted by Gasteiger charge is -2.05. The molecule has 0 radical (unpaired) electrons. The van der Waals surface area contributed by atoms with E-state index in [0.717, 1.165) is 10.4 Å². The van der Waals surface area contributed by atoms with Crippen molar-refractivity contribution >= 4 is 46.4 Å². The van der Waals surface area contributed by atoms with Crippen LogP contribution >= 0.6 is 22.9 Å². The first-order valence-corrected chi connectivity index (χ1v) is 9.53. The second-order valence-corrected chi connectivity index (χ2v) is 6.99. The molecule has 27 heavy (non-hydrogen) atoms. The summed E-state index contributed by atoms with van der Waals surface area (Å²) in [6.45, 7) is 2.16. The molecule has 4 N–H and O–H groups in total. The van der Waals surface area contributed by atoms with Gasteiger partial charge in [0.25, 0.3) is 11.8 Å². The van der Waals surface area contributed by atoms with Gasteiger partial charge in [0, 0.05) is 16.9 Å². The highest BCUT2D eigenvalue weighted by molar-refractivity contribution is 7.18. The Morgan fingerprint density at radius 3 is 2.44 bits per heavy atom. The van der Waals surface area contributed by atoms with E-state index in [1.807, 2.05) is 12.1 Å². The van der Waals surface area contributed by atoms with E-state index in [2.05, 4.69) is 10.6 Å². The molecule has 7 nitrogen and oxygen atoms in total. The van der Waals surface area contributed by atoms with Crippen LogP contribution in [-0.2, 0) is 14.3 Å². The summed E-state index contributed by atoms with van der Waals surface area (Å²) in [4.78, 5) is 36.7. The molecule has 1 aromatic heterocycles. The number of rotatable bonds is 8. The average molecular weight is 411 g/mol. The molecule has 0 aliphatic heterocycles. The van der Waals surface area contributed by atoms with Gasteiger partial charge in [-0.05, 0) is 30.7 Å². The molecule has 0 unspecified atom stereocenters. The van der Waals surface area contributed by atoms with Crippen molar-refractivity contribution in [1.82, 2.24) is 5.32 Å². The summed E-state index contributed by atoms with van der Waals surface area (Å²) in [5.74, 6) is -0.979. The number of ether oxygens (including phenoxy) is 1. The van der Waals surface area contributed by atoms with Crippen molar-refractivity contribution in [2.75, 3.05) is 32.1 Å². The number of halogens is 1. The maximum absolute atomic E-state index is 12.2. The lowest BCUT2D eigenvalue weighted by molar-refractivity contribution is -0.632. The molecule has 0 atom stereocenters. The van der Waals surface area contributed by atoms with Crippen LogP contribution in [0, 0.1) is 0 Å². The van der Waals surface area contributed by atoms with E-state index in [9.17, 15) is 14.4 Å². The molecule has 0 saturated heterocycles. The van der Waals surface area contributed by atoms with Crippen LogP contribution in [0.3, 0.4) is 0 Å². The number of amides is 2. The Hall–Kier alpha value is -2.42. The van der Waals surface area contributed by atoms with Gasteiger partial charge >= 0.3 is 5.97 Å². The lowest BCUT2D eigenvalue weighted by atomic mass is 10.2. The first-order valence-electron chi connectivity index (χ1n) is 8.33. The van der Waals surface area contributed by atoms with Crippen LogP contribution in [0.25, 0.3) is 10.4 Å². The Morgan fingerprint density at radius 1 is 1.15 bits per heavy atom. The van der Waals surface area contributed by atoms with Crippen LogP contribution in [0.2, 0.25) is 5.02 Å². The van der Waals surface area contributed by atoms with Gasteiger partial charge in [0.2, 0.25) is 0 Å². The van der Waals surface area contributed by atoms with E-state index in [1.54, 1.807) is 30.4 Å². The van der Waals surface area contributed by atoms with Crippen LogP contribution in [0.15, 0.2) is 30.3 Å². The van der Waals surface area contributed by atoms with Crippen LogP contribution in [0.4, 0.5) is 5.69 Å². The summed E-state index contributed by atoms with van der Waals surface area (Å²) in [6.07, 6.45) is 0. The summed E-state index contributed by atoms with van der Waals surface area (Å²) in [7, 11) is 1.53. The molecule has 0 aliphatic rings. The van der Waals surface area contributed by atoms with Crippen molar-refractivity contribution in [2.45, 2.75) is 6.92 Å². The Bertz CT molecular complexity index is 821. The van der Waals surface area contributed by atoms with Crippen molar-refractivity contribution in [3.8, 4) is 10.4 Å². The number of nitrogens with one attached hydrogen (secondary N) is 2. The van der Waals surface area contributed by atoms with Gasteiger partial charge in [0.1, 0.15) is 4.88 Å². The second kappa shape index (κ2) is 10.1. The van der Waals surface area contributed by atoms with Gasteiger partial charge in [-0.3, -0.25) is 9.59 Å².